The number of rotatable bonds is 7. The fraction of sp³-hybridized carbons (Fsp3) is 0.0909. The zero-order valence-electron chi connectivity index (χ0n) is 16.4. The van der Waals surface area contributed by atoms with Crippen LogP contribution in [0.15, 0.2) is 82.8 Å². The SMILES string of the molecule is COc1ccc(S(=O)(=O)n2c(SCC(=O)c3ccc(Cl)cc3)nc3ccccc32)cc1. The van der Waals surface area contributed by atoms with Crippen LogP contribution in [0.25, 0.3) is 11.0 Å². The Bertz CT molecular complexity index is 1350. The van der Waals surface area contributed by atoms with E-state index in [1.54, 1.807) is 60.7 Å². The number of thioether (sulfide) groups is 1. The van der Waals surface area contributed by atoms with Gasteiger partial charge in [-0.3, -0.25) is 4.79 Å². The highest BCUT2D eigenvalue weighted by atomic mass is 35.5. The van der Waals surface area contributed by atoms with Crippen LogP contribution in [-0.2, 0) is 10.0 Å². The molecule has 3 aromatic carbocycles. The van der Waals surface area contributed by atoms with Crippen molar-refractivity contribution in [3.05, 3.63) is 83.4 Å². The molecule has 158 valence electrons. The van der Waals surface area contributed by atoms with Gasteiger partial charge >= 0.3 is 0 Å². The van der Waals surface area contributed by atoms with E-state index < -0.39 is 10.0 Å². The van der Waals surface area contributed by atoms with Gasteiger partial charge in [0.25, 0.3) is 10.0 Å². The van der Waals surface area contributed by atoms with Gasteiger partial charge in [-0.15, -0.1) is 0 Å². The number of carbonyl (C=O) groups excluding carboxylic acids is 1. The number of aromatic nitrogens is 2. The van der Waals surface area contributed by atoms with E-state index in [0.29, 0.717) is 27.4 Å². The molecule has 0 N–H and O–H groups in total. The number of fused-ring (bicyclic) bond motifs is 1. The van der Waals surface area contributed by atoms with Gasteiger partial charge in [0.1, 0.15) is 5.75 Å². The van der Waals surface area contributed by atoms with E-state index >= 15 is 0 Å². The number of para-hydroxylation sites is 2. The van der Waals surface area contributed by atoms with Crippen molar-refractivity contribution in [3.8, 4) is 5.75 Å². The number of nitrogens with zero attached hydrogens (tertiary/aromatic N) is 2. The molecule has 0 unspecified atom stereocenters. The zero-order chi connectivity index (χ0) is 22.0. The molecule has 0 radical (unpaired) electrons. The van der Waals surface area contributed by atoms with Crippen molar-refractivity contribution in [2.45, 2.75) is 10.1 Å². The predicted molar refractivity (Wildman–Crippen MR) is 122 cm³/mol. The Hall–Kier alpha value is -2.81. The van der Waals surface area contributed by atoms with Crippen LogP contribution in [-0.4, -0.2) is 36.0 Å². The molecule has 31 heavy (non-hydrogen) atoms. The largest absolute Gasteiger partial charge is 0.497 e. The number of halogens is 1. The molecule has 0 atom stereocenters. The van der Waals surface area contributed by atoms with Crippen LogP contribution in [0.4, 0.5) is 0 Å². The highest BCUT2D eigenvalue weighted by molar-refractivity contribution is 8.00. The maximum Gasteiger partial charge on any atom is 0.270 e. The molecule has 0 saturated heterocycles. The van der Waals surface area contributed by atoms with Crippen molar-refractivity contribution in [2.75, 3.05) is 12.9 Å². The third kappa shape index (κ3) is 4.32. The Morgan fingerprint density at radius 3 is 2.39 bits per heavy atom. The lowest BCUT2D eigenvalue weighted by molar-refractivity contribution is 0.102. The molecule has 0 amide bonds. The van der Waals surface area contributed by atoms with Crippen molar-refractivity contribution in [1.29, 1.82) is 0 Å². The maximum absolute atomic E-state index is 13.5. The second-order valence-electron chi connectivity index (χ2n) is 6.55. The summed E-state index contributed by atoms with van der Waals surface area (Å²) < 4.78 is 33.2. The van der Waals surface area contributed by atoms with Crippen molar-refractivity contribution >= 4 is 50.2 Å². The minimum absolute atomic E-state index is 0.0308. The topological polar surface area (TPSA) is 78.3 Å². The number of benzene rings is 3. The smallest absolute Gasteiger partial charge is 0.270 e. The van der Waals surface area contributed by atoms with E-state index in [0.717, 1.165) is 11.8 Å². The normalized spacial score (nSPS) is 11.5. The molecule has 6 nitrogen and oxygen atoms in total. The summed E-state index contributed by atoms with van der Waals surface area (Å²) in [7, 11) is -2.43. The van der Waals surface area contributed by atoms with Crippen molar-refractivity contribution in [3.63, 3.8) is 0 Å². The number of hydrogen-bond acceptors (Lipinski definition) is 6. The summed E-state index contributed by atoms with van der Waals surface area (Å²) in [6.07, 6.45) is 0. The second kappa shape index (κ2) is 8.74. The molecule has 0 aliphatic heterocycles. The van der Waals surface area contributed by atoms with E-state index in [9.17, 15) is 13.2 Å². The number of Topliss-reactive ketones (excluding diaryl/α,β-unsaturated/α-hetero) is 1. The summed E-state index contributed by atoms with van der Waals surface area (Å²) in [6, 6.07) is 19.7. The molecule has 0 bridgehead atoms. The Morgan fingerprint density at radius 2 is 1.71 bits per heavy atom. The van der Waals surface area contributed by atoms with E-state index in [-0.39, 0.29) is 21.6 Å². The van der Waals surface area contributed by atoms with Gasteiger partial charge in [-0.1, -0.05) is 35.5 Å². The molecule has 0 aliphatic carbocycles. The lowest BCUT2D eigenvalue weighted by Crippen LogP contribution is -2.15. The average molecular weight is 473 g/mol. The standard InChI is InChI=1S/C22H17ClN2O4S2/c1-29-17-10-12-18(13-11-17)31(27,28)25-20-5-3-2-4-19(20)24-22(25)30-14-21(26)15-6-8-16(23)9-7-15/h2-13H,14H2,1H3. The number of hydrogen-bond donors (Lipinski definition) is 0. The van der Waals surface area contributed by atoms with Gasteiger partial charge in [-0.2, -0.15) is 0 Å². The number of imidazole rings is 1. The number of carbonyl (C=O) groups is 1. The Labute approximate surface area is 188 Å². The van der Waals surface area contributed by atoms with Gasteiger partial charge in [0.2, 0.25) is 0 Å². The highest BCUT2D eigenvalue weighted by Gasteiger charge is 2.25. The lowest BCUT2D eigenvalue weighted by atomic mass is 10.1. The van der Waals surface area contributed by atoms with E-state index in [1.807, 2.05) is 0 Å². The van der Waals surface area contributed by atoms with Crippen molar-refractivity contribution in [1.82, 2.24) is 8.96 Å². The molecule has 0 aliphatic rings. The van der Waals surface area contributed by atoms with Crippen LogP contribution >= 0.6 is 23.4 Å². The molecule has 0 saturated carbocycles. The molecule has 4 rings (SSSR count). The summed E-state index contributed by atoms with van der Waals surface area (Å²) in [5, 5.41) is 0.760. The van der Waals surface area contributed by atoms with E-state index in [1.165, 1.54) is 23.2 Å². The summed E-state index contributed by atoms with van der Waals surface area (Å²) in [5.74, 6) is 0.433. The maximum atomic E-state index is 13.5. The minimum atomic E-state index is -3.95. The monoisotopic (exact) mass is 472 g/mol. The molecule has 9 heteroatoms. The van der Waals surface area contributed by atoms with Crippen LogP contribution in [0.2, 0.25) is 5.02 Å². The van der Waals surface area contributed by atoms with Crippen molar-refractivity contribution < 1.29 is 17.9 Å². The summed E-state index contributed by atoms with van der Waals surface area (Å²) in [6.45, 7) is 0. The molecular weight excluding hydrogens is 456 g/mol. The highest BCUT2D eigenvalue weighted by Crippen LogP contribution is 2.30. The van der Waals surface area contributed by atoms with Gasteiger partial charge in [0, 0.05) is 10.6 Å². The van der Waals surface area contributed by atoms with Gasteiger partial charge in [0.15, 0.2) is 10.9 Å². The first-order valence-electron chi connectivity index (χ1n) is 9.19. The Balaban J connectivity index is 1.71. The average Bonchev–Trinajstić information content (AvgIpc) is 3.17. The van der Waals surface area contributed by atoms with Crippen molar-refractivity contribution in [2.24, 2.45) is 0 Å². The molecule has 4 aromatic rings. The first kappa shape index (κ1) is 21.4. The van der Waals surface area contributed by atoms with Gasteiger partial charge in [0.05, 0.1) is 28.8 Å². The van der Waals surface area contributed by atoms with Crippen LogP contribution < -0.4 is 4.74 Å². The number of methoxy groups -OCH3 is 1. The van der Waals surface area contributed by atoms with Crippen LogP contribution in [0.3, 0.4) is 0 Å². The van der Waals surface area contributed by atoms with Crippen LogP contribution in [0.5, 0.6) is 5.75 Å². The molecule has 1 aromatic heterocycles. The molecular formula is C22H17ClN2O4S2. The zero-order valence-corrected chi connectivity index (χ0v) is 18.7. The quantitative estimate of drug-likeness (QED) is 0.281. The van der Waals surface area contributed by atoms with E-state index in [2.05, 4.69) is 4.98 Å². The fourth-order valence-corrected chi connectivity index (χ4v) is 5.74. The third-order valence-electron chi connectivity index (χ3n) is 4.59. The van der Waals surface area contributed by atoms with Gasteiger partial charge in [-0.05, 0) is 60.7 Å². The number of ether oxygens (including phenoxy) is 1. The summed E-state index contributed by atoms with van der Waals surface area (Å²) in [4.78, 5) is 17.1. The summed E-state index contributed by atoms with van der Waals surface area (Å²) >= 11 is 6.95. The van der Waals surface area contributed by atoms with Crippen LogP contribution in [0, 0.1) is 0 Å². The first-order valence-corrected chi connectivity index (χ1v) is 12.0. The molecule has 0 spiro atoms. The second-order valence-corrected chi connectivity index (χ2v) is 9.71. The predicted octanol–water partition coefficient (Wildman–Crippen LogP) is 4.91. The molecule has 0 fully saturated rings. The third-order valence-corrected chi connectivity index (χ3v) is 7.61. The Kier molecular flexibility index (Phi) is 6.04. The Morgan fingerprint density at radius 1 is 1.03 bits per heavy atom. The summed E-state index contributed by atoms with van der Waals surface area (Å²) in [5.41, 5.74) is 1.47. The van der Waals surface area contributed by atoms with Crippen LogP contribution in [0.1, 0.15) is 10.4 Å². The van der Waals surface area contributed by atoms with Gasteiger partial charge < -0.3 is 4.74 Å². The van der Waals surface area contributed by atoms with Gasteiger partial charge in [-0.25, -0.2) is 17.4 Å². The number of ketones is 1. The van der Waals surface area contributed by atoms with E-state index in [4.69, 9.17) is 16.3 Å². The minimum Gasteiger partial charge on any atom is -0.497 e. The fourth-order valence-electron chi connectivity index (χ4n) is 3.01. The lowest BCUT2D eigenvalue weighted by Gasteiger charge is -2.11. The molecule has 1 heterocycles. The first-order chi connectivity index (χ1) is 14.9.